The molecule has 176 valence electrons. The number of amides is 3. The number of nitrogens with one attached hydrogen (secondary N) is 1. The molecule has 2 aromatic rings. The van der Waals surface area contributed by atoms with E-state index in [1.165, 1.54) is 9.21 Å². The topological polar surface area (TPSA) is 90.0 Å². The van der Waals surface area contributed by atoms with Crippen LogP contribution in [0, 0.1) is 5.92 Å². The molecule has 1 saturated carbocycles. The minimum absolute atomic E-state index is 0.122. The second-order valence-electron chi connectivity index (χ2n) is 9.45. The Hall–Kier alpha value is -2.49. The molecular formula is C24H30N4O4S. The van der Waals surface area contributed by atoms with Crippen LogP contribution in [0.3, 0.4) is 0 Å². The van der Waals surface area contributed by atoms with Gasteiger partial charge in [0.05, 0.1) is 11.6 Å². The van der Waals surface area contributed by atoms with Crippen molar-refractivity contribution in [1.29, 1.82) is 0 Å². The fraction of sp³-hybridized carbons (Fsp3) is 0.500. The summed E-state index contributed by atoms with van der Waals surface area (Å²) in [5.74, 6) is -0.0115. The van der Waals surface area contributed by atoms with Crippen molar-refractivity contribution in [2.24, 2.45) is 5.92 Å². The molecule has 8 nitrogen and oxygen atoms in total. The van der Waals surface area contributed by atoms with Crippen LogP contribution in [0.4, 0.5) is 4.79 Å². The van der Waals surface area contributed by atoms with E-state index in [-0.39, 0.29) is 29.4 Å². The Kier molecular flexibility index (Phi) is 5.66. The van der Waals surface area contributed by atoms with Gasteiger partial charge < -0.3 is 5.32 Å². The Bertz CT molecular complexity index is 1190. The molecule has 5 rings (SSSR count). The minimum Gasteiger partial charge on any atom is -0.323 e. The number of sulfonamides is 1. The molecule has 0 unspecified atom stereocenters. The summed E-state index contributed by atoms with van der Waals surface area (Å²) in [6.45, 7) is 3.81. The Labute approximate surface area is 194 Å². The van der Waals surface area contributed by atoms with Gasteiger partial charge in [-0.3, -0.25) is 9.69 Å². The number of nitrogens with zero attached hydrogens (tertiary/aromatic N) is 3. The highest BCUT2D eigenvalue weighted by Gasteiger charge is 2.55. The number of hydrogen-bond acceptors (Lipinski definition) is 5. The molecule has 9 heteroatoms. The van der Waals surface area contributed by atoms with Crippen molar-refractivity contribution in [2.45, 2.75) is 43.0 Å². The van der Waals surface area contributed by atoms with Gasteiger partial charge in [-0.15, -0.1) is 0 Å². The van der Waals surface area contributed by atoms with Gasteiger partial charge in [-0.05, 0) is 41.7 Å². The summed E-state index contributed by atoms with van der Waals surface area (Å²) in [5.41, 5.74) is -0.767. The minimum atomic E-state index is -3.61. The van der Waals surface area contributed by atoms with Crippen LogP contribution < -0.4 is 5.32 Å². The number of carbonyl (C=O) groups excluding carboxylic acids is 2. The highest BCUT2D eigenvalue weighted by molar-refractivity contribution is 7.89. The first-order chi connectivity index (χ1) is 15.8. The maximum atomic E-state index is 13.2. The summed E-state index contributed by atoms with van der Waals surface area (Å²) in [4.78, 5) is 29.4. The van der Waals surface area contributed by atoms with Crippen LogP contribution in [0.15, 0.2) is 47.4 Å². The van der Waals surface area contributed by atoms with Gasteiger partial charge in [0.2, 0.25) is 10.0 Å². The highest BCUT2D eigenvalue weighted by Crippen LogP contribution is 2.38. The largest absolute Gasteiger partial charge is 0.326 e. The van der Waals surface area contributed by atoms with Crippen LogP contribution in [-0.2, 0) is 14.8 Å². The van der Waals surface area contributed by atoms with E-state index < -0.39 is 15.6 Å². The monoisotopic (exact) mass is 470 g/mol. The first kappa shape index (κ1) is 22.3. The first-order valence-corrected chi connectivity index (χ1v) is 13.1. The fourth-order valence-electron chi connectivity index (χ4n) is 5.41. The Morgan fingerprint density at radius 1 is 1.00 bits per heavy atom. The molecule has 0 radical (unpaired) electrons. The second-order valence-corrected chi connectivity index (χ2v) is 11.4. The predicted molar refractivity (Wildman–Crippen MR) is 125 cm³/mol. The molecule has 2 atom stereocenters. The Morgan fingerprint density at radius 2 is 1.73 bits per heavy atom. The quantitative estimate of drug-likeness (QED) is 0.694. The molecule has 2 heterocycles. The molecule has 1 aliphatic carbocycles. The standard InChI is InChI=1S/C24H30N4O4S/c1-18-6-4-5-11-24(18)22(29)28(23(30)25-24)17-26-12-14-27(15-13-26)33(31,32)21-10-9-19-7-2-3-8-20(19)16-21/h2-3,7-10,16,18H,4-6,11-15,17H2,1H3,(H,25,30)/t18-,24-/m1/s1. The molecule has 2 saturated heterocycles. The number of benzene rings is 2. The number of rotatable bonds is 4. The number of imide groups is 1. The van der Waals surface area contributed by atoms with Crippen molar-refractivity contribution in [2.75, 3.05) is 32.8 Å². The zero-order valence-corrected chi connectivity index (χ0v) is 19.7. The molecule has 0 aromatic heterocycles. The molecule has 0 bridgehead atoms. The van der Waals surface area contributed by atoms with E-state index in [4.69, 9.17) is 0 Å². The van der Waals surface area contributed by atoms with Crippen molar-refractivity contribution in [3.05, 3.63) is 42.5 Å². The summed E-state index contributed by atoms with van der Waals surface area (Å²) in [5, 5.41) is 4.87. The number of piperazine rings is 1. The molecule has 2 aromatic carbocycles. The van der Waals surface area contributed by atoms with Crippen molar-refractivity contribution in [3.63, 3.8) is 0 Å². The lowest BCUT2D eigenvalue weighted by Crippen LogP contribution is -2.55. The van der Waals surface area contributed by atoms with Crippen molar-refractivity contribution in [3.8, 4) is 0 Å². The maximum Gasteiger partial charge on any atom is 0.326 e. The molecule has 3 fully saturated rings. The van der Waals surface area contributed by atoms with Crippen LogP contribution in [-0.4, -0.2) is 72.8 Å². The summed E-state index contributed by atoms with van der Waals surface area (Å²) in [6, 6.07) is 12.6. The van der Waals surface area contributed by atoms with Crippen LogP contribution >= 0.6 is 0 Å². The predicted octanol–water partition coefficient (Wildman–Crippen LogP) is 2.60. The molecule has 3 amide bonds. The van der Waals surface area contributed by atoms with Gasteiger partial charge in [-0.1, -0.05) is 50.1 Å². The van der Waals surface area contributed by atoms with Crippen molar-refractivity contribution in [1.82, 2.24) is 19.4 Å². The van der Waals surface area contributed by atoms with E-state index >= 15 is 0 Å². The van der Waals surface area contributed by atoms with Gasteiger partial charge in [-0.25, -0.2) is 18.1 Å². The normalized spacial score (nSPS) is 27.4. The maximum absolute atomic E-state index is 13.2. The third-order valence-corrected chi connectivity index (χ3v) is 9.43. The molecular weight excluding hydrogens is 440 g/mol. The van der Waals surface area contributed by atoms with E-state index in [0.29, 0.717) is 32.6 Å². The summed E-state index contributed by atoms with van der Waals surface area (Å²) >= 11 is 0. The fourth-order valence-corrected chi connectivity index (χ4v) is 6.87. The van der Waals surface area contributed by atoms with Gasteiger partial charge in [0.1, 0.15) is 5.54 Å². The zero-order chi connectivity index (χ0) is 23.2. The van der Waals surface area contributed by atoms with Crippen LogP contribution in [0.2, 0.25) is 0 Å². The lowest BCUT2D eigenvalue weighted by Gasteiger charge is -2.38. The Morgan fingerprint density at radius 3 is 2.45 bits per heavy atom. The third-order valence-electron chi connectivity index (χ3n) is 7.53. The average Bonchev–Trinajstić information content (AvgIpc) is 3.06. The second kappa shape index (κ2) is 8.38. The molecule has 3 aliphatic rings. The lowest BCUT2D eigenvalue weighted by molar-refractivity contribution is -0.135. The van der Waals surface area contributed by atoms with Crippen LogP contribution in [0.1, 0.15) is 32.6 Å². The summed E-state index contributed by atoms with van der Waals surface area (Å²) in [7, 11) is -3.61. The van der Waals surface area contributed by atoms with Gasteiger partial charge in [0, 0.05) is 26.2 Å². The van der Waals surface area contributed by atoms with Crippen molar-refractivity contribution < 1.29 is 18.0 Å². The van der Waals surface area contributed by atoms with E-state index in [1.807, 2.05) is 42.2 Å². The van der Waals surface area contributed by atoms with Gasteiger partial charge in [-0.2, -0.15) is 4.31 Å². The summed E-state index contributed by atoms with van der Waals surface area (Å²) < 4.78 is 27.9. The number of carbonyl (C=O) groups is 2. The summed E-state index contributed by atoms with van der Waals surface area (Å²) in [6.07, 6.45) is 3.65. The third kappa shape index (κ3) is 3.82. The molecule has 2 aliphatic heterocycles. The van der Waals surface area contributed by atoms with E-state index in [0.717, 1.165) is 30.0 Å². The molecule has 33 heavy (non-hydrogen) atoms. The van der Waals surface area contributed by atoms with Gasteiger partial charge in [0.15, 0.2) is 0 Å². The van der Waals surface area contributed by atoms with Gasteiger partial charge in [0.25, 0.3) is 5.91 Å². The highest BCUT2D eigenvalue weighted by atomic mass is 32.2. The average molecular weight is 471 g/mol. The lowest BCUT2D eigenvalue weighted by atomic mass is 9.73. The number of fused-ring (bicyclic) bond motifs is 1. The van der Waals surface area contributed by atoms with E-state index in [2.05, 4.69) is 5.32 Å². The van der Waals surface area contributed by atoms with Crippen molar-refractivity contribution >= 4 is 32.7 Å². The molecule has 1 spiro atoms. The number of urea groups is 1. The smallest absolute Gasteiger partial charge is 0.323 e. The first-order valence-electron chi connectivity index (χ1n) is 11.7. The van der Waals surface area contributed by atoms with Crippen LogP contribution in [0.25, 0.3) is 10.8 Å². The Balaban J connectivity index is 1.24. The van der Waals surface area contributed by atoms with E-state index in [9.17, 15) is 18.0 Å². The molecule has 1 N–H and O–H groups in total. The number of hydrogen-bond donors (Lipinski definition) is 1. The van der Waals surface area contributed by atoms with E-state index in [1.54, 1.807) is 12.1 Å². The van der Waals surface area contributed by atoms with Gasteiger partial charge >= 0.3 is 6.03 Å². The SMILES string of the molecule is C[C@@H]1CCCC[C@@]12NC(=O)N(CN1CCN(S(=O)(=O)c3ccc4ccccc4c3)CC1)C2=O. The van der Waals surface area contributed by atoms with Crippen LogP contribution in [0.5, 0.6) is 0 Å². The zero-order valence-electron chi connectivity index (χ0n) is 18.9.